The van der Waals surface area contributed by atoms with Crippen molar-refractivity contribution < 1.29 is 14.3 Å². The zero-order chi connectivity index (χ0) is 17.8. The monoisotopic (exact) mass is 360 g/mol. The van der Waals surface area contributed by atoms with Gasteiger partial charge in [-0.3, -0.25) is 14.9 Å². The normalized spacial score (nSPS) is 19.6. The smallest absolute Gasteiger partial charge is 0.255 e. The molecular weight excluding hydrogens is 340 g/mol. The lowest BCUT2D eigenvalue weighted by Gasteiger charge is -2.11. The maximum absolute atomic E-state index is 12.2. The van der Waals surface area contributed by atoms with Gasteiger partial charge in [0.05, 0.1) is 11.8 Å². The van der Waals surface area contributed by atoms with Gasteiger partial charge in [0.2, 0.25) is 5.91 Å². The summed E-state index contributed by atoms with van der Waals surface area (Å²) in [5, 5.41) is 7.93. The molecule has 3 rings (SSSR count). The Balaban J connectivity index is 1.62. The second kappa shape index (κ2) is 7.73. The van der Waals surface area contributed by atoms with E-state index in [1.54, 1.807) is 0 Å². The molecule has 0 saturated carbocycles. The van der Waals surface area contributed by atoms with Crippen molar-refractivity contribution in [3.63, 3.8) is 0 Å². The Morgan fingerprint density at radius 1 is 1.28 bits per heavy atom. The van der Waals surface area contributed by atoms with E-state index in [0.29, 0.717) is 18.1 Å². The molecule has 2 heterocycles. The number of thiazole rings is 1. The first-order valence-electron chi connectivity index (χ1n) is 8.05. The van der Waals surface area contributed by atoms with E-state index in [0.717, 1.165) is 23.4 Å². The minimum Gasteiger partial charge on any atom is -0.364 e. The van der Waals surface area contributed by atoms with Crippen molar-refractivity contribution in [1.29, 1.82) is 0 Å². The highest BCUT2D eigenvalue weighted by Crippen LogP contribution is 2.27. The molecule has 1 aromatic heterocycles. The molecule has 0 unspecified atom stereocenters. The zero-order valence-corrected chi connectivity index (χ0v) is 14.6. The summed E-state index contributed by atoms with van der Waals surface area (Å²) in [5.74, 6) is -0.296. The molecule has 0 bridgehead atoms. The van der Waals surface area contributed by atoms with Crippen LogP contribution in [-0.4, -0.2) is 35.6 Å². The quantitative estimate of drug-likeness (QED) is 0.758. The summed E-state index contributed by atoms with van der Waals surface area (Å²) in [5.41, 5.74) is 7.97. The maximum Gasteiger partial charge on any atom is 0.255 e. The van der Waals surface area contributed by atoms with Crippen molar-refractivity contribution in [2.75, 3.05) is 17.2 Å². The van der Waals surface area contributed by atoms with Crippen molar-refractivity contribution >= 4 is 34.0 Å². The molecule has 2 aromatic rings. The maximum atomic E-state index is 12.2. The highest BCUT2D eigenvalue weighted by Gasteiger charge is 2.30. The van der Waals surface area contributed by atoms with E-state index in [1.165, 1.54) is 18.3 Å². The molecule has 2 atom stereocenters. The van der Waals surface area contributed by atoms with Gasteiger partial charge in [-0.05, 0) is 25.0 Å². The molecule has 132 valence electrons. The fourth-order valence-electron chi connectivity index (χ4n) is 2.65. The summed E-state index contributed by atoms with van der Waals surface area (Å²) in [6.45, 7) is 1.90. The van der Waals surface area contributed by atoms with Gasteiger partial charge in [-0.25, -0.2) is 4.98 Å². The number of rotatable bonds is 5. The van der Waals surface area contributed by atoms with Crippen molar-refractivity contribution in [2.24, 2.45) is 5.73 Å². The number of carbonyl (C=O) groups excluding carboxylic acids is 2. The predicted octanol–water partition coefficient (Wildman–Crippen LogP) is 2.21. The van der Waals surface area contributed by atoms with E-state index < -0.39 is 6.10 Å². The molecule has 1 aromatic carbocycles. The van der Waals surface area contributed by atoms with Gasteiger partial charge >= 0.3 is 0 Å². The molecular formula is C17H20N4O3S. The number of anilines is 2. The molecule has 0 spiro atoms. The number of ether oxygens (including phenoxy) is 1. The van der Waals surface area contributed by atoms with E-state index in [4.69, 9.17) is 10.5 Å². The molecule has 4 N–H and O–H groups in total. The van der Waals surface area contributed by atoms with Crippen LogP contribution in [0.1, 0.15) is 19.8 Å². The van der Waals surface area contributed by atoms with E-state index in [2.05, 4.69) is 15.6 Å². The van der Waals surface area contributed by atoms with E-state index >= 15 is 0 Å². The minimum atomic E-state index is -0.460. The summed E-state index contributed by atoms with van der Waals surface area (Å²) < 4.78 is 5.59. The standard InChI is InChI=1S/C17H20N4O3S/c1-10(22)19-12-4-2-11(3-5-12)14-9-25-17(20-14)21-16(23)15-7-6-13(8-18)24-15/h2-5,9,13,15H,6-8,18H2,1H3,(H,19,22)(H,20,21,23)/t13-,15+/m1/s1. The Morgan fingerprint density at radius 2 is 2.04 bits per heavy atom. The highest BCUT2D eigenvalue weighted by atomic mass is 32.1. The summed E-state index contributed by atoms with van der Waals surface area (Å²) in [6, 6.07) is 7.37. The summed E-state index contributed by atoms with van der Waals surface area (Å²) in [7, 11) is 0. The minimum absolute atomic E-state index is 0.0373. The lowest BCUT2D eigenvalue weighted by Crippen LogP contribution is -2.29. The molecule has 1 saturated heterocycles. The number of nitrogens with two attached hydrogens (primary N) is 1. The topological polar surface area (TPSA) is 106 Å². The summed E-state index contributed by atoms with van der Waals surface area (Å²) in [4.78, 5) is 27.7. The first kappa shape index (κ1) is 17.5. The Morgan fingerprint density at radius 3 is 2.68 bits per heavy atom. The molecule has 0 radical (unpaired) electrons. The molecule has 7 nitrogen and oxygen atoms in total. The van der Waals surface area contributed by atoms with Crippen LogP contribution in [0.5, 0.6) is 0 Å². The Hall–Kier alpha value is -2.29. The van der Waals surface area contributed by atoms with Crippen LogP contribution in [0.15, 0.2) is 29.6 Å². The number of nitrogens with zero attached hydrogens (tertiary/aromatic N) is 1. The highest BCUT2D eigenvalue weighted by molar-refractivity contribution is 7.14. The number of nitrogens with one attached hydrogen (secondary N) is 2. The third-order valence-electron chi connectivity index (χ3n) is 3.90. The molecule has 8 heteroatoms. The summed E-state index contributed by atoms with van der Waals surface area (Å²) in [6.07, 6.45) is 0.983. The second-order valence-corrected chi connectivity index (χ2v) is 6.70. The average molecular weight is 360 g/mol. The number of amides is 2. The van der Waals surface area contributed by atoms with Crippen LogP contribution >= 0.6 is 11.3 Å². The predicted molar refractivity (Wildman–Crippen MR) is 97.4 cm³/mol. The fraction of sp³-hybridized carbons (Fsp3) is 0.353. The number of benzene rings is 1. The third-order valence-corrected chi connectivity index (χ3v) is 4.66. The van der Waals surface area contributed by atoms with E-state index in [1.807, 2.05) is 29.6 Å². The fourth-order valence-corrected chi connectivity index (χ4v) is 3.37. The van der Waals surface area contributed by atoms with Gasteiger partial charge in [-0.15, -0.1) is 11.3 Å². The van der Waals surface area contributed by atoms with Gasteiger partial charge in [-0.2, -0.15) is 0 Å². The number of hydrogen-bond acceptors (Lipinski definition) is 6. The van der Waals surface area contributed by atoms with Crippen molar-refractivity contribution in [1.82, 2.24) is 4.98 Å². The lowest BCUT2D eigenvalue weighted by atomic mass is 10.1. The van der Waals surface area contributed by atoms with Gasteiger partial charge in [-0.1, -0.05) is 12.1 Å². The van der Waals surface area contributed by atoms with Crippen LogP contribution in [0, 0.1) is 0 Å². The van der Waals surface area contributed by atoms with Crippen LogP contribution in [0.3, 0.4) is 0 Å². The van der Waals surface area contributed by atoms with Crippen LogP contribution < -0.4 is 16.4 Å². The number of hydrogen-bond donors (Lipinski definition) is 3. The SMILES string of the molecule is CC(=O)Nc1ccc(-c2csc(NC(=O)[C@@H]3CC[C@H](CN)O3)n2)cc1. The van der Waals surface area contributed by atoms with Gasteiger partial charge in [0.1, 0.15) is 6.10 Å². The average Bonchev–Trinajstić information content (AvgIpc) is 3.24. The van der Waals surface area contributed by atoms with Gasteiger partial charge in [0, 0.05) is 30.1 Å². The Bertz CT molecular complexity index is 760. The van der Waals surface area contributed by atoms with Gasteiger partial charge in [0.15, 0.2) is 5.13 Å². The van der Waals surface area contributed by atoms with Crippen molar-refractivity contribution in [3.05, 3.63) is 29.6 Å². The summed E-state index contributed by atoms with van der Waals surface area (Å²) >= 11 is 1.36. The number of carbonyl (C=O) groups is 2. The first-order valence-corrected chi connectivity index (χ1v) is 8.93. The first-order chi connectivity index (χ1) is 12.0. The molecule has 2 amide bonds. The van der Waals surface area contributed by atoms with Crippen molar-refractivity contribution in [2.45, 2.75) is 32.0 Å². The molecule has 1 aliphatic heterocycles. The van der Waals surface area contributed by atoms with E-state index in [-0.39, 0.29) is 17.9 Å². The lowest BCUT2D eigenvalue weighted by molar-refractivity contribution is -0.126. The largest absolute Gasteiger partial charge is 0.364 e. The van der Waals surface area contributed by atoms with Crippen molar-refractivity contribution in [3.8, 4) is 11.3 Å². The number of aromatic nitrogens is 1. The zero-order valence-electron chi connectivity index (χ0n) is 13.8. The van der Waals surface area contributed by atoms with Crippen LogP contribution in [-0.2, 0) is 14.3 Å². The molecule has 1 fully saturated rings. The van der Waals surface area contributed by atoms with Crippen LogP contribution in [0.25, 0.3) is 11.3 Å². The van der Waals surface area contributed by atoms with Crippen LogP contribution in [0.4, 0.5) is 10.8 Å². The molecule has 25 heavy (non-hydrogen) atoms. The Kier molecular flexibility index (Phi) is 5.42. The van der Waals surface area contributed by atoms with Gasteiger partial charge < -0.3 is 15.8 Å². The molecule has 0 aliphatic carbocycles. The van der Waals surface area contributed by atoms with Crippen LogP contribution in [0.2, 0.25) is 0 Å². The van der Waals surface area contributed by atoms with E-state index in [9.17, 15) is 9.59 Å². The third kappa shape index (κ3) is 4.41. The second-order valence-electron chi connectivity index (χ2n) is 5.85. The Labute approximate surface area is 149 Å². The van der Waals surface area contributed by atoms with Gasteiger partial charge in [0.25, 0.3) is 5.91 Å². The molecule has 1 aliphatic rings.